The van der Waals surface area contributed by atoms with Gasteiger partial charge in [0.2, 0.25) is 0 Å². The van der Waals surface area contributed by atoms with Gasteiger partial charge in [0.05, 0.1) is 17.1 Å². The van der Waals surface area contributed by atoms with E-state index in [0.717, 1.165) is 42.4 Å². The number of hydrogen-bond acceptors (Lipinski definition) is 5. The maximum atomic E-state index is 11.9. The fourth-order valence-electron chi connectivity index (χ4n) is 3.24. The summed E-state index contributed by atoms with van der Waals surface area (Å²) >= 11 is 0. The molecule has 0 saturated heterocycles. The van der Waals surface area contributed by atoms with Crippen molar-refractivity contribution in [2.24, 2.45) is 7.05 Å². The minimum Gasteiger partial charge on any atom is -0.444 e. The summed E-state index contributed by atoms with van der Waals surface area (Å²) in [5.74, 6) is 0.883. The minimum atomic E-state index is -0.461. The quantitative estimate of drug-likeness (QED) is 0.893. The van der Waals surface area contributed by atoms with Crippen molar-refractivity contribution in [2.75, 3.05) is 5.32 Å². The molecule has 2 aromatic rings. The molecular formula is C18H27N5O2. The third-order valence-electron chi connectivity index (χ3n) is 4.46. The number of hydrogen-bond donors (Lipinski definition) is 2. The molecule has 7 heteroatoms. The zero-order chi connectivity index (χ0) is 18.0. The number of fused-ring (bicyclic) bond motifs is 1. The lowest BCUT2D eigenvalue weighted by atomic mass is 9.91. The van der Waals surface area contributed by atoms with Crippen molar-refractivity contribution in [2.45, 2.75) is 64.1 Å². The number of pyridine rings is 1. The number of nitrogens with zero attached hydrogens (tertiary/aromatic N) is 3. The molecule has 7 nitrogen and oxygen atoms in total. The van der Waals surface area contributed by atoms with E-state index >= 15 is 0 Å². The molecule has 25 heavy (non-hydrogen) atoms. The number of amides is 1. The van der Waals surface area contributed by atoms with E-state index in [2.05, 4.69) is 20.7 Å². The summed E-state index contributed by atoms with van der Waals surface area (Å²) in [5.41, 5.74) is 0.606. The lowest BCUT2D eigenvalue weighted by molar-refractivity contribution is 0.0492. The van der Waals surface area contributed by atoms with Crippen molar-refractivity contribution in [3.63, 3.8) is 0 Å². The molecule has 3 rings (SSSR count). The number of aromatic nitrogens is 3. The number of anilines is 1. The Morgan fingerprint density at radius 1 is 1.24 bits per heavy atom. The van der Waals surface area contributed by atoms with Gasteiger partial charge in [-0.15, -0.1) is 0 Å². The van der Waals surface area contributed by atoms with Gasteiger partial charge in [-0.05, 0) is 52.5 Å². The molecule has 1 amide bonds. The molecule has 2 N–H and O–H groups in total. The van der Waals surface area contributed by atoms with Crippen LogP contribution in [0.4, 0.5) is 10.6 Å². The highest BCUT2D eigenvalue weighted by Crippen LogP contribution is 2.26. The second kappa shape index (κ2) is 6.90. The second-order valence-corrected chi connectivity index (χ2v) is 7.70. The summed E-state index contributed by atoms with van der Waals surface area (Å²) in [4.78, 5) is 16.3. The lowest BCUT2D eigenvalue weighted by Crippen LogP contribution is -2.42. The van der Waals surface area contributed by atoms with E-state index in [1.807, 2.05) is 51.0 Å². The summed E-state index contributed by atoms with van der Waals surface area (Å²) < 4.78 is 7.18. The van der Waals surface area contributed by atoms with Crippen LogP contribution >= 0.6 is 0 Å². The van der Waals surface area contributed by atoms with E-state index in [9.17, 15) is 4.79 Å². The molecule has 0 aromatic carbocycles. The normalized spacial score (nSPS) is 21.1. The van der Waals surface area contributed by atoms with Crippen molar-refractivity contribution >= 4 is 22.8 Å². The molecule has 1 aliphatic carbocycles. The Balaban J connectivity index is 1.53. The first-order valence-electron chi connectivity index (χ1n) is 8.84. The fraction of sp³-hybridized carbons (Fsp3) is 0.611. The van der Waals surface area contributed by atoms with E-state index in [0.29, 0.717) is 6.04 Å². The molecule has 1 fully saturated rings. The fourth-order valence-corrected chi connectivity index (χ4v) is 3.24. The molecule has 0 atom stereocenters. The molecular weight excluding hydrogens is 318 g/mol. The number of nitrogens with one attached hydrogen (secondary N) is 2. The Labute approximate surface area is 148 Å². The van der Waals surface area contributed by atoms with E-state index in [1.165, 1.54) is 0 Å². The van der Waals surface area contributed by atoms with Gasteiger partial charge < -0.3 is 15.4 Å². The van der Waals surface area contributed by atoms with Gasteiger partial charge in [0, 0.05) is 25.3 Å². The van der Waals surface area contributed by atoms with Crippen molar-refractivity contribution in [1.82, 2.24) is 20.1 Å². The number of alkyl carbamates (subject to hydrolysis) is 1. The summed E-state index contributed by atoms with van der Waals surface area (Å²) in [6.45, 7) is 5.62. The van der Waals surface area contributed by atoms with Gasteiger partial charge in [-0.2, -0.15) is 5.10 Å². The van der Waals surface area contributed by atoms with Gasteiger partial charge in [0.1, 0.15) is 11.4 Å². The largest absolute Gasteiger partial charge is 0.444 e. The SMILES string of the molecule is Cn1ncc2c(NC3CCC(NC(=O)OC(C)(C)C)CC3)nccc21. The van der Waals surface area contributed by atoms with Gasteiger partial charge in [-0.3, -0.25) is 4.68 Å². The van der Waals surface area contributed by atoms with Gasteiger partial charge in [0.15, 0.2) is 0 Å². The van der Waals surface area contributed by atoms with E-state index in [1.54, 1.807) is 0 Å². The third kappa shape index (κ3) is 4.41. The average molecular weight is 345 g/mol. The van der Waals surface area contributed by atoms with Crippen LogP contribution in [0.5, 0.6) is 0 Å². The van der Waals surface area contributed by atoms with Gasteiger partial charge in [-0.25, -0.2) is 9.78 Å². The van der Waals surface area contributed by atoms with E-state index in [-0.39, 0.29) is 12.1 Å². The molecule has 0 unspecified atom stereocenters. The predicted molar refractivity (Wildman–Crippen MR) is 97.5 cm³/mol. The highest BCUT2D eigenvalue weighted by Gasteiger charge is 2.25. The summed E-state index contributed by atoms with van der Waals surface area (Å²) in [5, 5.41) is 11.9. The van der Waals surface area contributed by atoms with Crippen LogP contribution in [0.3, 0.4) is 0 Å². The van der Waals surface area contributed by atoms with E-state index < -0.39 is 5.60 Å². The van der Waals surface area contributed by atoms with Crippen LogP contribution in [0, 0.1) is 0 Å². The van der Waals surface area contributed by atoms with Gasteiger partial charge >= 0.3 is 6.09 Å². The van der Waals surface area contributed by atoms with Crippen LogP contribution in [-0.4, -0.2) is 38.5 Å². The highest BCUT2D eigenvalue weighted by molar-refractivity contribution is 5.88. The molecule has 2 heterocycles. The van der Waals surface area contributed by atoms with Crippen LogP contribution in [0.2, 0.25) is 0 Å². The van der Waals surface area contributed by atoms with Crippen LogP contribution in [-0.2, 0) is 11.8 Å². The maximum absolute atomic E-state index is 11.9. The Morgan fingerprint density at radius 2 is 1.92 bits per heavy atom. The monoisotopic (exact) mass is 345 g/mol. The second-order valence-electron chi connectivity index (χ2n) is 7.70. The Morgan fingerprint density at radius 3 is 2.60 bits per heavy atom. The summed E-state index contributed by atoms with van der Waals surface area (Å²) in [6, 6.07) is 2.50. The zero-order valence-corrected chi connectivity index (χ0v) is 15.4. The van der Waals surface area contributed by atoms with E-state index in [4.69, 9.17) is 4.74 Å². The zero-order valence-electron chi connectivity index (χ0n) is 15.4. The lowest BCUT2D eigenvalue weighted by Gasteiger charge is -2.30. The first-order valence-corrected chi connectivity index (χ1v) is 8.84. The molecule has 1 aliphatic rings. The summed E-state index contributed by atoms with van der Waals surface area (Å²) in [7, 11) is 1.93. The molecule has 0 bridgehead atoms. The minimum absolute atomic E-state index is 0.176. The first kappa shape index (κ1) is 17.5. The molecule has 0 aliphatic heterocycles. The molecule has 0 spiro atoms. The standard InChI is InChI=1S/C18H27N5O2/c1-18(2,3)25-17(24)22-13-7-5-12(6-8-13)21-16-14-11-20-23(4)15(14)9-10-19-16/h9-13H,5-8H2,1-4H3,(H,19,21)(H,22,24). The Kier molecular flexibility index (Phi) is 4.83. The summed E-state index contributed by atoms with van der Waals surface area (Å²) in [6.07, 6.45) is 7.16. The predicted octanol–water partition coefficient (Wildman–Crippen LogP) is 3.22. The van der Waals surface area contributed by atoms with Crippen molar-refractivity contribution in [3.8, 4) is 0 Å². The molecule has 0 radical (unpaired) electrons. The average Bonchev–Trinajstić information content (AvgIpc) is 2.90. The van der Waals surface area contributed by atoms with Crippen molar-refractivity contribution in [3.05, 3.63) is 18.5 Å². The first-order chi connectivity index (χ1) is 11.8. The number of carbonyl (C=O) groups excluding carboxylic acids is 1. The van der Waals surface area contributed by atoms with Crippen LogP contribution in [0.25, 0.3) is 10.9 Å². The number of carbonyl (C=O) groups is 1. The van der Waals surface area contributed by atoms with Crippen LogP contribution in [0.15, 0.2) is 18.5 Å². The van der Waals surface area contributed by atoms with Crippen molar-refractivity contribution < 1.29 is 9.53 Å². The number of ether oxygens (including phenoxy) is 1. The van der Waals surface area contributed by atoms with Crippen LogP contribution in [0.1, 0.15) is 46.5 Å². The van der Waals surface area contributed by atoms with Crippen LogP contribution < -0.4 is 10.6 Å². The maximum Gasteiger partial charge on any atom is 0.407 e. The number of aryl methyl sites for hydroxylation is 1. The third-order valence-corrected chi connectivity index (χ3v) is 4.46. The Hall–Kier alpha value is -2.31. The number of rotatable bonds is 3. The topological polar surface area (TPSA) is 81.1 Å². The Bertz CT molecular complexity index is 741. The highest BCUT2D eigenvalue weighted by atomic mass is 16.6. The van der Waals surface area contributed by atoms with Gasteiger partial charge in [0.25, 0.3) is 0 Å². The van der Waals surface area contributed by atoms with Crippen molar-refractivity contribution in [1.29, 1.82) is 0 Å². The smallest absolute Gasteiger partial charge is 0.407 e. The van der Waals surface area contributed by atoms with Gasteiger partial charge in [-0.1, -0.05) is 0 Å². The molecule has 1 saturated carbocycles. The molecule has 2 aromatic heterocycles. The molecule has 136 valence electrons.